The van der Waals surface area contributed by atoms with Crippen LogP contribution in [-0.2, 0) is 25.5 Å². The zero-order chi connectivity index (χ0) is 25.4. The van der Waals surface area contributed by atoms with Crippen LogP contribution in [-0.4, -0.2) is 109 Å². The fourth-order valence-corrected chi connectivity index (χ4v) is 5.46. The number of carbonyl (C=O) groups is 2. The number of hydrogen-bond acceptors (Lipinski definition) is 7. The molecule has 0 bridgehead atoms. The number of piperazine rings is 1. The Morgan fingerprint density at radius 1 is 1.17 bits per heavy atom. The molecule has 1 aliphatic carbocycles. The highest BCUT2D eigenvalue weighted by molar-refractivity contribution is 6.25. The van der Waals surface area contributed by atoms with Crippen LogP contribution in [0.2, 0.25) is 0 Å². The van der Waals surface area contributed by atoms with E-state index < -0.39 is 46.8 Å². The monoisotopic (exact) mass is 529 g/mol. The van der Waals surface area contributed by atoms with Gasteiger partial charge >= 0.3 is 5.97 Å². The third kappa shape index (κ3) is 8.03. The first-order chi connectivity index (χ1) is 16.8. The molecule has 10 heteroatoms. The van der Waals surface area contributed by atoms with Crippen LogP contribution in [0.1, 0.15) is 18.9 Å². The number of esters is 1. The second-order valence-electron chi connectivity index (χ2n) is 9.28. The van der Waals surface area contributed by atoms with Gasteiger partial charge in [0.25, 0.3) is 0 Å². The summed E-state index contributed by atoms with van der Waals surface area (Å²) < 4.78 is 11.1. The van der Waals surface area contributed by atoms with E-state index >= 15 is 0 Å². The average molecular weight is 530 g/mol. The summed E-state index contributed by atoms with van der Waals surface area (Å²) >= 11 is 13.1. The van der Waals surface area contributed by atoms with Gasteiger partial charge in [0.05, 0.1) is 42.1 Å². The van der Waals surface area contributed by atoms with Gasteiger partial charge in [-0.2, -0.15) is 0 Å². The molecule has 6 atom stereocenters. The lowest BCUT2D eigenvalue weighted by Crippen LogP contribution is -2.56. The molecule has 1 heterocycles. The second kappa shape index (κ2) is 13.8. The Kier molecular flexibility index (Phi) is 11.1. The molecule has 2 aliphatic rings. The van der Waals surface area contributed by atoms with E-state index in [2.05, 4.69) is 22.2 Å². The van der Waals surface area contributed by atoms with E-state index in [-0.39, 0.29) is 19.4 Å². The number of rotatable bonds is 10. The predicted octanol–water partition coefficient (Wildman–Crippen LogP) is 1.51. The average Bonchev–Trinajstić information content (AvgIpc) is 2.85. The lowest BCUT2D eigenvalue weighted by atomic mass is 9.83. The van der Waals surface area contributed by atoms with E-state index in [1.54, 1.807) is 6.92 Å². The van der Waals surface area contributed by atoms with Crippen molar-refractivity contribution in [3.8, 4) is 0 Å². The predicted molar refractivity (Wildman–Crippen MR) is 136 cm³/mol. The van der Waals surface area contributed by atoms with Gasteiger partial charge in [0.1, 0.15) is 6.04 Å². The number of ether oxygens (including phenoxy) is 2. The number of nitrogens with one attached hydrogen (secondary N) is 1. The first kappa shape index (κ1) is 28.2. The Morgan fingerprint density at radius 2 is 1.86 bits per heavy atom. The van der Waals surface area contributed by atoms with Crippen molar-refractivity contribution in [1.82, 2.24) is 15.1 Å². The molecule has 1 saturated carbocycles. The van der Waals surface area contributed by atoms with Gasteiger partial charge in [-0.15, -0.1) is 23.2 Å². The highest BCUT2D eigenvalue weighted by Gasteiger charge is 2.46. The van der Waals surface area contributed by atoms with Crippen LogP contribution in [0.15, 0.2) is 30.3 Å². The van der Waals surface area contributed by atoms with Gasteiger partial charge in [0.2, 0.25) is 5.91 Å². The van der Waals surface area contributed by atoms with Crippen LogP contribution in [0.5, 0.6) is 0 Å². The highest BCUT2D eigenvalue weighted by atomic mass is 35.5. The van der Waals surface area contributed by atoms with Crippen LogP contribution in [0.4, 0.5) is 0 Å². The van der Waals surface area contributed by atoms with Crippen LogP contribution < -0.4 is 5.32 Å². The van der Waals surface area contributed by atoms with Gasteiger partial charge in [-0.05, 0) is 26.0 Å². The van der Waals surface area contributed by atoms with Gasteiger partial charge in [0, 0.05) is 39.1 Å². The number of amides is 1. The fourth-order valence-electron chi connectivity index (χ4n) is 4.54. The van der Waals surface area contributed by atoms with Gasteiger partial charge in [-0.3, -0.25) is 9.69 Å². The number of alkyl halides is 2. The Hall–Kier alpha value is -1.42. The summed E-state index contributed by atoms with van der Waals surface area (Å²) in [5.41, 5.74) is 0.884. The summed E-state index contributed by atoms with van der Waals surface area (Å²) in [5, 5.41) is 12.2. The van der Waals surface area contributed by atoms with Crippen LogP contribution >= 0.6 is 23.2 Å². The Balaban J connectivity index is 1.55. The third-order valence-corrected chi connectivity index (χ3v) is 7.64. The number of halogens is 2. The second-order valence-corrected chi connectivity index (χ2v) is 10.3. The van der Waals surface area contributed by atoms with Gasteiger partial charge in [-0.25, -0.2) is 4.79 Å². The standard InChI is InChI=1S/C25H37Cl2N3O5/c1-3-34-25(33)20(15-17-7-5-4-6-8-17)28-24(32)18-16-19(26)23(21(27)22(18)31)35-14-13-30-11-9-29(2)10-12-30/h4-8,18-23,31H,3,9-16H2,1-2H3,(H,28,32)/t18?,19?,20-,21?,22?,23?/m1/s1. The largest absolute Gasteiger partial charge is 0.464 e. The van der Waals surface area contributed by atoms with E-state index in [4.69, 9.17) is 32.7 Å². The van der Waals surface area contributed by atoms with Crippen molar-refractivity contribution in [3.05, 3.63) is 35.9 Å². The van der Waals surface area contributed by atoms with Crippen LogP contribution in [0.25, 0.3) is 0 Å². The molecule has 0 radical (unpaired) electrons. The van der Waals surface area contributed by atoms with Crippen molar-refractivity contribution >= 4 is 35.1 Å². The Bertz CT molecular complexity index is 810. The van der Waals surface area contributed by atoms with Crippen molar-refractivity contribution in [3.63, 3.8) is 0 Å². The molecular formula is C25H37Cl2N3O5. The topological polar surface area (TPSA) is 91.3 Å². The fraction of sp³-hybridized carbons (Fsp3) is 0.680. The van der Waals surface area contributed by atoms with Crippen molar-refractivity contribution in [2.45, 2.75) is 48.8 Å². The SMILES string of the molecule is CCOC(=O)[C@@H](Cc1ccccc1)NC(=O)C1CC(Cl)C(OCCN2CCN(C)CC2)C(Cl)C1O. The summed E-state index contributed by atoms with van der Waals surface area (Å²) in [6.07, 6.45) is -1.26. The molecule has 8 nitrogen and oxygen atoms in total. The molecule has 1 aromatic rings. The van der Waals surface area contributed by atoms with E-state index in [0.717, 1.165) is 38.3 Å². The molecule has 0 spiro atoms. The molecule has 35 heavy (non-hydrogen) atoms. The molecular weight excluding hydrogens is 493 g/mol. The smallest absolute Gasteiger partial charge is 0.328 e. The van der Waals surface area contributed by atoms with E-state index in [1.165, 1.54) is 0 Å². The maximum Gasteiger partial charge on any atom is 0.328 e. The summed E-state index contributed by atoms with van der Waals surface area (Å²) in [4.78, 5) is 30.2. The number of benzene rings is 1. The highest BCUT2D eigenvalue weighted by Crippen LogP contribution is 2.34. The van der Waals surface area contributed by atoms with Crippen LogP contribution in [0.3, 0.4) is 0 Å². The van der Waals surface area contributed by atoms with E-state index in [9.17, 15) is 14.7 Å². The molecule has 1 amide bonds. The van der Waals surface area contributed by atoms with Gasteiger partial charge in [0.15, 0.2) is 0 Å². The molecule has 2 fully saturated rings. The van der Waals surface area contributed by atoms with Gasteiger partial charge in [-0.1, -0.05) is 30.3 Å². The number of aliphatic hydroxyl groups is 1. The zero-order valence-corrected chi connectivity index (χ0v) is 22.0. The maximum absolute atomic E-state index is 13.1. The molecule has 196 valence electrons. The van der Waals surface area contributed by atoms with Crippen LogP contribution in [0, 0.1) is 5.92 Å². The third-order valence-electron chi connectivity index (χ3n) is 6.71. The first-order valence-electron chi connectivity index (χ1n) is 12.3. The number of carbonyl (C=O) groups excluding carboxylic acids is 2. The normalized spacial score (nSPS) is 28.9. The molecule has 0 aromatic heterocycles. The Morgan fingerprint density at radius 3 is 2.51 bits per heavy atom. The molecule has 1 aromatic carbocycles. The lowest BCUT2D eigenvalue weighted by Gasteiger charge is -2.40. The zero-order valence-electron chi connectivity index (χ0n) is 20.4. The van der Waals surface area contributed by atoms with E-state index in [0.29, 0.717) is 6.61 Å². The number of hydrogen-bond donors (Lipinski definition) is 2. The number of likely N-dealkylation sites (N-methyl/N-ethyl adjacent to an activating group) is 1. The molecule has 1 saturated heterocycles. The molecule has 5 unspecified atom stereocenters. The van der Waals surface area contributed by atoms with Gasteiger partial charge < -0.3 is 24.8 Å². The van der Waals surface area contributed by atoms with Crippen molar-refractivity contribution in [2.75, 3.05) is 53.0 Å². The first-order valence-corrected chi connectivity index (χ1v) is 13.2. The van der Waals surface area contributed by atoms with E-state index in [1.807, 2.05) is 30.3 Å². The summed E-state index contributed by atoms with van der Waals surface area (Å²) in [7, 11) is 2.11. The number of nitrogens with zero attached hydrogens (tertiary/aromatic N) is 2. The lowest BCUT2D eigenvalue weighted by molar-refractivity contribution is -0.149. The quantitative estimate of drug-likeness (QED) is 0.350. The summed E-state index contributed by atoms with van der Waals surface area (Å²) in [6.45, 7) is 7.13. The molecule has 1 aliphatic heterocycles. The molecule has 3 rings (SSSR count). The van der Waals surface area contributed by atoms with Crippen molar-refractivity contribution < 1.29 is 24.2 Å². The minimum Gasteiger partial charge on any atom is -0.464 e. The summed E-state index contributed by atoms with van der Waals surface area (Å²) in [6, 6.07) is 8.49. The maximum atomic E-state index is 13.1. The minimum absolute atomic E-state index is 0.192. The van der Waals surface area contributed by atoms with Crippen molar-refractivity contribution in [1.29, 1.82) is 0 Å². The summed E-state index contributed by atoms with van der Waals surface area (Å²) in [5.74, 6) is -1.85. The Labute approximate surface area is 217 Å². The number of aliphatic hydroxyl groups excluding tert-OH is 1. The van der Waals surface area contributed by atoms with Crippen molar-refractivity contribution in [2.24, 2.45) is 5.92 Å². The molecule has 2 N–H and O–H groups in total. The minimum atomic E-state index is -1.15.